The van der Waals surface area contributed by atoms with Crippen molar-refractivity contribution in [2.45, 2.75) is 14.1 Å². The van der Waals surface area contributed by atoms with Gasteiger partial charge >= 0.3 is 11.9 Å². The molecule has 0 aromatic carbocycles. The zero-order valence-corrected chi connectivity index (χ0v) is 18.2. The summed E-state index contributed by atoms with van der Waals surface area (Å²) < 4.78 is 7.93. The Morgan fingerprint density at radius 1 is 0.800 bits per heavy atom. The van der Waals surface area contributed by atoms with Crippen molar-refractivity contribution in [3.05, 3.63) is 10.1 Å². The van der Waals surface area contributed by atoms with Crippen LogP contribution in [0.15, 0.2) is 10.1 Å². The number of carbonyl (C=O) groups is 2. The first-order valence-electron chi connectivity index (χ1n) is 6.80. The quantitative estimate of drug-likeness (QED) is 0.384. The van der Waals surface area contributed by atoms with E-state index in [4.69, 9.17) is 102 Å². The fraction of sp³-hybridized carbons (Fsp3) is 0.692. The molecule has 0 saturated heterocycles. The van der Waals surface area contributed by atoms with Gasteiger partial charge in [-0.15, -0.1) is 46.4 Å². The van der Waals surface area contributed by atoms with E-state index < -0.39 is 37.9 Å². The monoisotopic (exact) mass is 510 g/mol. The van der Waals surface area contributed by atoms with E-state index in [9.17, 15) is 9.59 Å². The highest BCUT2D eigenvalue weighted by atomic mass is 35.5. The van der Waals surface area contributed by atoms with Gasteiger partial charge in [0, 0.05) is 0 Å². The van der Waals surface area contributed by atoms with E-state index >= 15 is 0 Å². The SMILES string of the molecule is O=C(OCCCl)[C@@H]1[C@@H](C(=O)OCCCl)[C@]2(Cl)C(Cl)=C(Cl)[C@]1(Cl)C2(Cl)Cl. The summed E-state index contributed by atoms with van der Waals surface area (Å²) in [5.74, 6) is -4.64. The number of ether oxygens (including phenoxy) is 2. The Bertz CT molecular complexity index is 573. The van der Waals surface area contributed by atoms with E-state index in [1.165, 1.54) is 0 Å². The molecule has 2 rings (SSSR count). The van der Waals surface area contributed by atoms with E-state index in [0.717, 1.165) is 0 Å². The predicted octanol–water partition coefficient (Wildman–Crippen LogP) is 4.63. The minimum Gasteiger partial charge on any atom is -0.464 e. The summed E-state index contributed by atoms with van der Waals surface area (Å²) in [6.45, 7) is -0.259. The number of hydrogen-bond acceptors (Lipinski definition) is 4. The smallest absolute Gasteiger partial charge is 0.312 e. The first-order valence-corrected chi connectivity index (χ1v) is 10.1. The van der Waals surface area contributed by atoms with Crippen LogP contribution in [0.1, 0.15) is 0 Å². The lowest BCUT2D eigenvalue weighted by molar-refractivity contribution is -0.160. The van der Waals surface area contributed by atoms with Crippen molar-refractivity contribution >= 4 is 105 Å². The first-order chi connectivity index (χ1) is 11.5. The predicted molar refractivity (Wildman–Crippen MR) is 101 cm³/mol. The molecule has 2 aliphatic carbocycles. The van der Waals surface area contributed by atoms with E-state index in [-0.39, 0.29) is 35.0 Å². The highest BCUT2D eigenvalue weighted by Crippen LogP contribution is 2.76. The highest BCUT2D eigenvalue weighted by Gasteiger charge is 2.85. The molecule has 0 amide bonds. The maximum Gasteiger partial charge on any atom is 0.312 e. The second kappa shape index (κ2) is 7.79. The van der Waals surface area contributed by atoms with Crippen molar-refractivity contribution in [1.82, 2.24) is 0 Å². The van der Waals surface area contributed by atoms with Crippen LogP contribution in [0.3, 0.4) is 0 Å². The van der Waals surface area contributed by atoms with Crippen molar-refractivity contribution in [3.8, 4) is 0 Å². The van der Waals surface area contributed by atoms with E-state index in [1.807, 2.05) is 0 Å². The second-order valence-corrected chi connectivity index (χ2v) is 9.33. The molecular weight excluding hydrogens is 504 g/mol. The Morgan fingerprint density at radius 3 is 1.40 bits per heavy atom. The molecule has 0 heterocycles. The number of halogens is 8. The normalized spacial score (nSPS) is 35.8. The number of esters is 2. The van der Waals surface area contributed by atoms with Crippen LogP contribution in [0.4, 0.5) is 0 Å². The van der Waals surface area contributed by atoms with Crippen LogP contribution in [0, 0.1) is 11.8 Å². The molecule has 25 heavy (non-hydrogen) atoms. The second-order valence-electron chi connectivity index (χ2n) is 5.29. The Balaban J connectivity index is 2.58. The molecular formula is C13H10Cl8O4. The average Bonchev–Trinajstić information content (AvgIpc) is 2.77. The van der Waals surface area contributed by atoms with E-state index in [1.54, 1.807) is 0 Å². The zero-order chi connectivity index (χ0) is 19.2. The molecule has 2 bridgehead atoms. The van der Waals surface area contributed by atoms with Gasteiger partial charge in [0.2, 0.25) is 0 Å². The molecule has 1 saturated carbocycles. The molecule has 0 aliphatic heterocycles. The summed E-state index contributed by atoms with van der Waals surface area (Å²) in [6, 6.07) is 0. The van der Waals surface area contributed by atoms with Gasteiger partial charge in [0.05, 0.1) is 33.7 Å². The summed E-state index contributed by atoms with van der Waals surface area (Å²) >= 11 is 49.2. The highest BCUT2D eigenvalue weighted by molar-refractivity contribution is 6.66. The van der Waals surface area contributed by atoms with Gasteiger partial charge in [0.1, 0.15) is 23.0 Å². The zero-order valence-electron chi connectivity index (χ0n) is 12.1. The fourth-order valence-corrected chi connectivity index (χ4v) is 6.11. The van der Waals surface area contributed by atoms with Gasteiger partial charge in [0.25, 0.3) is 0 Å². The largest absolute Gasteiger partial charge is 0.464 e. The van der Waals surface area contributed by atoms with Crippen LogP contribution >= 0.6 is 92.8 Å². The third-order valence-electron chi connectivity index (χ3n) is 4.09. The van der Waals surface area contributed by atoms with Crippen LogP contribution in [0.2, 0.25) is 0 Å². The Kier molecular flexibility index (Phi) is 6.94. The third-order valence-corrected chi connectivity index (χ3v) is 8.65. The van der Waals surface area contributed by atoms with Crippen molar-refractivity contribution in [2.75, 3.05) is 25.0 Å². The molecule has 0 aromatic heterocycles. The topological polar surface area (TPSA) is 52.6 Å². The lowest BCUT2D eigenvalue weighted by Gasteiger charge is -2.33. The molecule has 0 unspecified atom stereocenters. The lowest BCUT2D eigenvalue weighted by Crippen LogP contribution is -2.46. The maximum absolute atomic E-state index is 12.6. The van der Waals surface area contributed by atoms with E-state index in [0.29, 0.717) is 0 Å². The molecule has 0 radical (unpaired) electrons. The Labute approximate surface area is 183 Å². The van der Waals surface area contributed by atoms with Crippen LogP contribution in [0.25, 0.3) is 0 Å². The van der Waals surface area contributed by atoms with Crippen molar-refractivity contribution < 1.29 is 19.1 Å². The fourth-order valence-electron chi connectivity index (χ4n) is 3.04. The van der Waals surface area contributed by atoms with Gasteiger partial charge in [-0.05, 0) is 0 Å². The maximum atomic E-state index is 12.6. The van der Waals surface area contributed by atoms with Crippen LogP contribution in [0.5, 0.6) is 0 Å². The summed E-state index contributed by atoms with van der Waals surface area (Å²) in [5, 5.41) is -0.463. The number of carbonyl (C=O) groups excluding carboxylic acids is 2. The summed E-state index contributed by atoms with van der Waals surface area (Å²) in [7, 11) is 0. The Hall–Kier alpha value is 1.000. The third kappa shape index (κ3) is 2.95. The minimum atomic E-state index is -2.09. The number of rotatable bonds is 6. The van der Waals surface area contributed by atoms with Gasteiger partial charge in [-0.2, -0.15) is 0 Å². The summed E-state index contributed by atoms with van der Waals surface area (Å²) in [5.41, 5.74) is 0. The lowest BCUT2D eigenvalue weighted by atomic mass is 9.82. The molecule has 0 spiro atoms. The standard InChI is InChI=1S/C13H10Cl8O4/c14-1-3-24-9(22)5-6(10(23)25-4-2-15)12(19)8(17)7(16)11(5,18)13(12,20)21/h5-6H,1-4H2/t5-,6-,11-,12-/m0/s1. The van der Waals surface area contributed by atoms with Crippen LogP contribution in [-0.4, -0.2) is 51.0 Å². The molecule has 4 nitrogen and oxygen atoms in total. The minimum absolute atomic E-state index is 0.0261. The van der Waals surface area contributed by atoms with Gasteiger partial charge in [0.15, 0.2) is 4.33 Å². The van der Waals surface area contributed by atoms with Gasteiger partial charge in [-0.3, -0.25) is 9.59 Å². The van der Waals surface area contributed by atoms with Crippen molar-refractivity contribution in [1.29, 1.82) is 0 Å². The van der Waals surface area contributed by atoms with Gasteiger partial charge in [-0.1, -0.05) is 46.4 Å². The van der Waals surface area contributed by atoms with Crippen LogP contribution < -0.4 is 0 Å². The van der Waals surface area contributed by atoms with Gasteiger partial charge < -0.3 is 9.47 Å². The summed E-state index contributed by atoms with van der Waals surface area (Å²) in [6.07, 6.45) is 0. The van der Waals surface area contributed by atoms with Gasteiger partial charge in [-0.25, -0.2) is 0 Å². The molecule has 12 heteroatoms. The Morgan fingerprint density at radius 2 is 1.12 bits per heavy atom. The first kappa shape index (κ1) is 22.3. The molecule has 142 valence electrons. The molecule has 4 atom stereocenters. The van der Waals surface area contributed by atoms with Crippen molar-refractivity contribution in [3.63, 3.8) is 0 Å². The number of alkyl halides is 6. The average molecular weight is 514 g/mol. The van der Waals surface area contributed by atoms with E-state index in [2.05, 4.69) is 0 Å². The number of fused-ring (bicyclic) bond motifs is 2. The molecule has 0 aromatic rings. The molecule has 1 fully saturated rings. The van der Waals surface area contributed by atoms with Crippen molar-refractivity contribution in [2.24, 2.45) is 11.8 Å². The molecule has 0 N–H and O–H groups in total. The number of allylic oxidation sites excluding steroid dienone is 2. The summed E-state index contributed by atoms with van der Waals surface area (Å²) in [4.78, 5) is 21.2. The van der Waals surface area contributed by atoms with Crippen LogP contribution in [-0.2, 0) is 19.1 Å². The number of hydrogen-bond donors (Lipinski definition) is 0. The molecule has 2 aliphatic rings.